The van der Waals surface area contributed by atoms with Crippen LogP contribution in [0.5, 0.6) is 5.75 Å². The highest BCUT2D eigenvalue weighted by Crippen LogP contribution is 2.22. The number of aryl methyl sites for hydroxylation is 1. The van der Waals surface area contributed by atoms with Gasteiger partial charge in [0.25, 0.3) is 0 Å². The van der Waals surface area contributed by atoms with Gasteiger partial charge in [-0.05, 0) is 43.2 Å². The maximum atomic E-state index is 11.3. The summed E-state index contributed by atoms with van der Waals surface area (Å²) in [5, 5.41) is 0.942. The Morgan fingerprint density at radius 2 is 2.11 bits per heavy atom. The first-order valence-electron chi connectivity index (χ1n) is 5.99. The van der Waals surface area contributed by atoms with Crippen molar-refractivity contribution in [1.82, 2.24) is 0 Å². The van der Waals surface area contributed by atoms with Gasteiger partial charge in [0.05, 0.1) is 6.61 Å². The second-order valence-corrected chi connectivity index (χ2v) is 4.63. The van der Waals surface area contributed by atoms with Crippen LogP contribution in [0.1, 0.15) is 18.4 Å². The molecule has 1 aromatic carbocycles. The smallest absolute Gasteiger partial charge is 0.336 e. The predicted octanol–water partition coefficient (Wildman–Crippen LogP) is 3.19. The summed E-state index contributed by atoms with van der Waals surface area (Å²) in [7, 11) is 0. The number of benzene rings is 1. The van der Waals surface area contributed by atoms with Gasteiger partial charge in [-0.3, -0.25) is 0 Å². The Balaban J connectivity index is 2.19. The zero-order valence-corrected chi connectivity index (χ0v) is 11.2. The van der Waals surface area contributed by atoms with Crippen molar-refractivity contribution < 1.29 is 9.15 Å². The molecule has 2 rings (SSSR count). The van der Waals surface area contributed by atoms with E-state index in [0.29, 0.717) is 12.2 Å². The van der Waals surface area contributed by atoms with E-state index in [4.69, 9.17) is 9.15 Å². The summed E-state index contributed by atoms with van der Waals surface area (Å²) >= 11 is 4.15. The number of ether oxygens (including phenoxy) is 1. The highest BCUT2D eigenvalue weighted by Gasteiger charge is 2.03. The topological polar surface area (TPSA) is 39.4 Å². The third kappa shape index (κ3) is 3.07. The second kappa shape index (κ2) is 5.96. The summed E-state index contributed by atoms with van der Waals surface area (Å²) < 4.78 is 10.8. The Kier molecular flexibility index (Phi) is 4.31. The van der Waals surface area contributed by atoms with Crippen molar-refractivity contribution in [2.75, 3.05) is 12.4 Å². The fraction of sp³-hybridized carbons (Fsp3) is 0.357. The molecule has 0 spiro atoms. The van der Waals surface area contributed by atoms with Crippen LogP contribution in [0.25, 0.3) is 11.0 Å². The number of unbranched alkanes of at least 4 members (excludes halogenated alkanes) is 1. The van der Waals surface area contributed by atoms with E-state index in [-0.39, 0.29) is 5.63 Å². The molecule has 0 aliphatic carbocycles. The lowest BCUT2D eigenvalue weighted by Gasteiger charge is -2.07. The molecule has 0 aliphatic rings. The highest BCUT2D eigenvalue weighted by atomic mass is 32.1. The molecular weight excluding hydrogens is 248 g/mol. The Labute approximate surface area is 111 Å². The number of rotatable bonds is 5. The second-order valence-electron chi connectivity index (χ2n) is 4.19. The SMILES string of the molecule is Cc1cc(=O)oc2cc(OCCCCS)ccc12. The number of fused-ring (bicyclic) bond motifs is 1. The largest absolute Gasteiger partial charge is 0.493 e. The maximum absolute atomic E-state index is 11.3. The van der Waals surface area contributed by atoms with Crippen LogP contribution in [0.15, 0.2) is 33.5 Å². The minimum Gasteiger partial charge on any atom is -0.493 e. The quantitative estimate of drug-likeness (QED) is 0.512. The molecule has 0 fully saturated rings. The summed E-state index contributed by atoms with van der Waals surface area (Å²) in [6.45, 7) is 2.55. The van der Waals surface area contributed by atoms with Crippen molar-refractivity contribution in [3.8, 4) is 5.75 Å². The van der Waals surface area contributed by atoms with Gasteiger partial charge in [-0.2, -0.15) is 12.6 Å². The third-order valence-electron chi connectivity index (χ3n) is 2.74. The molecule has 0 atom stereocenters. The van der Waals surface area contributed by atoms with Crippen LogP contribution in [0.2, 0.25) is 0 Å². The van der Waals surface area contributed by atoms with Crippen LogP contribution in [-0.4, -0.2) is 12.4 Å². The number of hydrogen-bond acceptors (Lipinski definition) is 4. The van der Waals surface area contributed by atoms with E-state index in [9.17, 15) is 4.79 Å². The van der Waals surface area contributed by atoms with Crippen LogP contribution in [-0.2, 0) is 0 Å². The normalized spacial score (nSPS) is 10.8. The molecule has 0 saturated carbocycles. The van der Waals surface area contributed by atoms with Gasteiger partial charge in [-0.15, -0.1) is 0 Å². The molecule has 0 bridgehead atoms. The molecular formula is C14H16O3S. The van der Waals surface area contributed by atoms with Gasteiger partial charge in [0.2, 0.25) is 0 Å². The zero-order chi connectivity index (χ0) is 13.0. The third-order valence-corrected chi connectivity index (χ3v) is 3.06. The Bertz CT molecular complexity index is 589. The standard InChI is InChI=1S/C14H16O3S/c1-10-8-14(15)17-13-9-11(4-5-12(10)13)16-6-2-3-7-18/h4-5,8-9,18H,2-3,6-7H2,1H3. The summed E-state index contributed by atoms with van der Waals surface area (Å²) in [5.41, 5.74) is 1.17. The average Bonchev–Trinajstić information content (AvgIpc) is 2.34. The van der Waals surface area contributed by atoms with Crippen molar-refractivity contribution in [3.05, 3.63) is 40.2 Å². The molecule has 0 saturated heterocycles. The summed E-state index contributed by atoms with van der Waals surface area (Å²) in [5.74, 6) is 1.60. The number of thiol groups is 1. The van der Waals surface area contributed by atoms with Gasteiger partial charge in [-0.1, -0.05) is 0 Å². The fourth-order valence-corrected chi connectivity index (χ4v) is 2.02. The minimum absolute atomic E-state index is 0.327. The molecule has 3 nitrogen and oxygen atoms in total. The summed E-state index contributed by atoms with van der Waals surface area (Å²) in [4.78, 5) is 11.3. The first-order valence-corrected chi connectivity index (χ1v) is 6.62. The van der Waals surface area contributed by atoms with Gasteiger partial charge in [0, 0.05) is 17.5 Å². The monoisotopic (exact) mass is 264 g/mol. The van der Waals surface area contributed by atoms with Gasteiger partial charge in [-0.25, -0.2) is 4.79 Å². The van der Waals surface area contributed by atoms with E-state index < -0.39 is 0 Å². The average molecular weight is 264 g/mol. The lowest BCUT2D eigenvalue weighted by molar-refractivity contribution is 0.310. The van der Waals surface area contributed by atoms with Crippen LogP contribution in [0, 0.1) is 6.92 Å². The van der Waals surface area contributed by atoms with Crippen molar-refractivity contribution in [2.24, 2.45) is 0 Å². The van der Waals surface area contributed by atoms with Gasteiger partial charge >= 0.3 is 5.63 Å². The van der Waals surface area contributed by atoms with E-state index >= 15 is 0 Å². The van der Waals surface area contributed by atoms with E-state index in [1.165, 1.54) is 6.07 Å². The van der Waals surface area contributed by atoms with E-state index in [1.54, 1.807) is 6.07 Å². The molecule has 2 aromatic rings. The number of hydrogen-bond donors (Lipinski definition) is 1. The first-order chi connectivity index (χ1) is 8.70. The Hall–Kier alpha value is -1.42. The van der Waals surface area contributed by atoms with E-state index in [0.717, 1.165) is 35.3 Å². The summed E-state index contributed by atoms with van der Waals surface area (Å²) in [6, 6.07) is 7.08. The molecule has 4 heteroatoms. The molecule has 0 radical (unpaired) electrons. The van der Waals surface area contributed by atoms with Gasteiger partial charge in [0.1, 0.15) is 11.3 Å². The lowest BCUT2D eigenvalue weighted by atomic mass is 10.1. The molecule has 1 aromatic heterocycles. The fourth-order valence-electron chi connectivity index (χ4n) is 1.80. The van der Waals surface area contributed by atoms with E-state index in [2.05, 4.69) is 12.6 Å². The van der Waals surface area contributed by atoms with Crippen LogP contribution in [0.4, 0.5) is 0 Å². The molecule has 0 amide bonds. The van der Waals surface area contributed by atoms with Crippen molar-refractivity contribution >= 4 is 23.6 Å². The van der Waals surface area contributed by atoms with Crippen molar-refractivity contribution in [2.45, 2.75) is 19.8 Å². The van der Waals surface area contributed by atoms with Crippen LogP contribution < -0.4 is 10.4 Å². The Morgan fingerprint density at radius 3 is 2.89 bits per heavy atom. The maximum Gasteiger partial charge on any atom is 0.336 e. The van der Waals surface area contributed by atoms with Crippen molar-refractivity contribution in [1.29, 1.82) is 0 Å². The molecule has 18 heavy (non-hydrogen) atoms. The Morgan fingerprint density at radius 1 is 1.28 bits per heavy atom. The predicted molar refractivity (Wildman–Crippen MR) is 75.8 cm³/mol. The van der Waals surface area contributed by atoms with Crippen LogP contribution in [0.3, 0.4) is 0 Å². The molecule has 0 aliphatic heterocycles. The zero-order valence-electron chi connectivity index (χ0n) is 10.3. The first kappa shape index (κ1) is 13.0. The molecule has 96 valence electrons. The van der Waals surface area contributed by atoms with Gasteiger partial charge < -0.3 is 9.15 Å². The van der Waals surface area contributed by atoms with Gasteiger partial charge in [0.15, 0.2) is 0 Å². The van der Waals surface area contributed by atoms with Crippen LogP contribution >= 0.6 is 12.6 Å². The summed E-state index contributed by atoms with van der Waals surface area (Å²) in [6.07, 6.45) is 2.00. The molecule has 0 N–H and O–H groups in total. The molecule has 1 heterocycles. The van der Waals surface area contributed by atoms with Crippen molar-refractivity contribution in [3.63, 3.8) is 0 Å². The minimum atomic E-state index is -0.327. The molecule has 0 unspecified atom stereocenters. The lowest BCUT2D eigenvalue weighted by Crippen LogP contribution is -2.00. The van der Waals surface area contributed by atoms with E-state index in [1.807, 2.05) is 19.1 Å². The highest BCUT2D eigenvalue weighted by molar-refractivity contribution is 7.80.